The lowest BCUT2D eigenvalue weighted by Crippen LogP contribution is -2.18. The highest BCUT2D eigenvalue weighted by Gasteiger charge is 2.09. The maximum atomic E-state index is 12.4. The van der Waals surface area contributed by atoms with Crippen LogP contribution in [0.3, 0.4) is 0 Å². The molecule has 0 aliphatic carbocycles. The Balaban J connectivity index is 1.86. The van der Waals surface area contributed by atoms with Gasteiger partial charge in [-0.3, -0.25) is 9.78 Å². The molecular formula is C19H18BrN3O. The van der Waals surface area contributed by atoms with Crippen molar-refractivity contribution in [3.63, 3.8) is 0 Å². The molecule has 24 heavy (non-hydrogen) atoms. The molecule has 3 rings (SSSR count). The van der Waals surface area contributed by atoms with Gasteiger partial charge < -0.3 is 5.32 Å². The number of aromatic amines is 1. The highest BCUT2D eigenvalue weighted by Crippen LogP contribution is 2.21. The molecule has 2 aromatic carbocycles. The third kappa shape index (κ3) is 3.74. The first-order chi connectivity index (χ1) is 11.5. The summed E-state index contributed by atoms with van der Waals surface area (Å²) in [5.74, 6) is 0.455. The maximum absolute atomic E-state index is 12.4. The van der Waals surface area contributed by atoms with E-state index in [1.807, 2.05) is 62.4 Å². The molecule has 0 radical (unpaired) electrons. The minimum atomic E-state index is -0.109. The number of H-pyrrole nitrogens is 1. The lowest BCUT2D eigenvalue weighted by atomic mass is 10.1. The minimum absolute atomic E-state index is 0.109. The lowest BCUT2D eigenvalue weighted by Gasteiger charge is -2.10. The lowest BCUT2D eigenvalue weighted by molar-refractivity contribution is 0.985. The summed E-state index contributed by atoms with van der Waals surface area (Å²) >= 11 is 3.48. The van der Waals surface area contributed by atoms with Crippen LogP contribution in [-0.4, -0.2) is 9.97 Å². The predicted molar refractivity (Wildman–Crippen MR) is 101 cm³/mol. The number of aromatic nitrogens is 2. The molecule has 1 heterocycles. The molecule has 0 saturated heterocycles. The predicted octanol–water partition coefficient (Wildman–Crippen LogP) is 4.48. The fourth-order valence-electron chi connectivity index (χ4n) is 2.54. The molecule has 122 valence electrons. The quantitative estimate of drug-likeness (QED) is 0.697. The number of anilines is 2. The zero-order chi connectivity index (χ0) is 17.1. The summed E-state index contributed by atoms with van der Waals surface area (Å²) in [6.07, 6.45) is 0.576. The van der Waals surface area contributed by atoms with Crippen LogP contribution < -0.4 is 10.9 Å². The van der Waals surface area contributed by atoms with Crippen LogP contribution in [0.15, 0.2) is 57.8 Å². The van der Waals surface area contributed by atoms with Crippen LogP contribution in [0, 0.1) is 13.8 Å². The normalized spacial score (nSPS) is 10.6. The van der Waals surface area contributed by atoms with E-state index in [2.05, 4.69) is 31.2 Å². The van der Waals surface area contributed by atoms with Gasteiger partial charge in [0.25, 0.3) is 5.56 Å². The number of hydrogen-bond donors (Lipinski definition) is 2. The Labute approximate surface area is 149 Å². The second-order valence-electron chi connectivity index (χ2n) is 5.73. The summed E-state index contributed by atoms with van der Waals surface area (Å²) < 4.78 is 1.05. The van der Waals surface area contributed by atoms with Gasteiger partial charge in [0.2, 0.25) is 5.95 Å². The second kappa shape index (κ2) is 7.01. The molecule has 0 unspecified atom stereocenters. The topological polar surface area (TPSA) is 57.8 Å². The molecule has 0 saturated carbocycles. The van der Waals surface area contributed by atoms with E-state index < -0.39 is 0 Å². The first-order valence-electron chi connectivity index (χ1n) is 7.70. The van der Waals surface area contributed by atoms with E-state index in [9.17, 15) is 4.79 Å². The minimum Gasteiger partial charge on any atom is -0.326 e. The molecule has 4 nitrogen and oxygen atoms in total. The van der Waals surface area contributed by atoms with Crippen LogP contribution in [-0.2, 0) is 6.42 Å². The third-order valence-electron chi connectivity index (χ3n) is 3.87. The highest BCUT2D eigenvalue weighted by atomic mass is 79.9. The summed E-state index contributed by atoms with van der Waals surface area (Å²) in [5.41, 5.74) is 4.41. The van der Waals surface area contributed by atoms with Gasteiger partial charge in [-0.15, -0.1) is 0 Å². The number of nitrogens with zero attached hydrogens (tertiary/aromatic N) is 1. The molecule has 5 heteroatoms. The van der Waals surface area contributed by atoms with Crippen LogP contribution in [0.1, 0.15) is 22.4 Å². The van der Waals surface area contributed by atoms with Crippen molar-refractivity contribution in [3.05, 3.63) is 85.7 Å². The van der Waals surface area contributed by atoms with Crippen molar-refractivity contribution < 1.29 is 0 Å². The number of hydrogen-bond acceptors (Lipinski definition) is 3. The van der Waals surface area contributed by atoms with Crippen molar-refractivity contribution >= 4 is 27.6 Å². The average Bonchev–Trinajstić information content (AvgIpc) is 2.55. The van der Waals surface area contributed by atoms with E-state index in [4.69, 9.17) is 0 Å². The number of nitrogens with one attached hydrogen (secondary N) is 2. The Bertz CT molecular complexity index is 920. The average molecular weight is 384 g/mol. The molecule has 2 N–H and O–H groups in total. The van der Waals surface area contributed by atoms with E-state index in [1.54, 1.807) is 0 Å². The van der Waals surface area contributed by atoms with E-state index in [-0.39, 0.29) is 5.56 Å². The Morgan fingerprint density at radius 1 is 1.12 bits per heavy atom. The first-order valence-corrected chi connectivity index (χ1v) is 8.49. The zero-order valence-corrected chi connectivity index (χ0v) is 15.1. The molecule has 0 aliphatic heterocycles. The number of aryl methyl sites for hydroxylation is 2. The van der Waals surface area contributed by atoms with Gasteiger partial charge in [-0.1, -0.05) is 46.3 Å². The van der Waals surface area contributed by atoms with E-state index >= 15 is 0 Å². The Morgan fingerprint density at radius 3 is 2.54 bits per heavy atom. The maximum Gasteiger partial charge on any atom is 0.256 e. The van der Waals surface area contributed by atoms with Crippen LogP contribution >= 0.6 is 15.9 Å². The third-order valence-corrected chi connectivity index (χ3v) is 4.76. The highest BCUT2D eigenvalue weighted by molar-refractivity contribution is 9.10. The first kappa shape index (κ1) is 16.5. The van der Waals surface area contributed by atoms with Crippen LogP contribution in [0.2, 0.25) is 0 Å². The van der Waals surface area contributed by atoms with E-state index in [1.165, 1.54) is 0 Å². The van der Waals surface area contributed by atoms with Gasteiger partial charge in [0.1, 0.15) is 0 Å². The molecule has 3 aromatic rings. The van der Waals surface area contributed by atoms with Gasteiger partial charge in [0, 0.05) is 22.1 Å². The summed E-state index contributed by atoms with van der Waals surface area (Å²) in [6, 6.07) is 15.8. The van der Waals surface area contributed by atoms with Crippen molar-refractivity contribution in [2.45, 2.75) is 20.3 Å². The summed E-state index contributed by atoms with van der Waals surface area (Å²) in [5, 5.41) is 3.16. The Morgan fingerprint density at radius 2 is 1.88 bits per heavy atom. The van der Waals surface area contributed by atoms with E-state index in [0.29, 0.717) is 17.9 Å². The van der Waals surface area contributed by atoms with Crippen molar-refractivity contribution in [1.82, 2.24) is 9.97 Å². The van der Waals surface area contributed by atoms with Crippen molar-refractivity contribution in [2.75, 3.05) is 5.32 Å². The van der Waals surface area contributed by atoms with E-state index in [0.717, 1.165) is 27.0 Å². The van der Waals surface area contributed by atoms with Crippen molar-refractivity contribution in [1.29, 1.82) is 0 Å². The zero-order valence-electron chi connectivity index (χ0n) is 13.6. The monoisotopic (exact) mass is 383 g/mol. The Kier molecular flexibility index (Phi) is 4.81. The summed E-state index contributed by atoms with van der Waals surface area (Å²) in [6.45, 7) is 3.88. The molecule has 0 bridgehead atoms. The number of rotatable bonds is 4. The summed E-state index contributed by atoms with van der Waals surface area (Å²) in [4.78, 5) is 19.8. The van der Waals surface area contributed by atoms with Crippen LogP contribution in [0.25, 0.3) is 0 Å². The second-order valence-corrected chi connectivity index (χ2v) is 6.58. The molecular weight excluding hydrogens is 366 g/mol. The SMILES string of the molecule is Cc1cc(Nc2nc(C)c(Cc3ccccc3)c(=O)[nH]2)ccc1Br. The van der Waals surface area contributed by atoms with Gasteiger partial charge in [0.05, 0.1) is 5.69 Å². The largest absolute Gasteiger partial charge is 0.326 e. The van der Waals surface area contributed by atoms with Gasteiger partial charge >= 0.3 is 0 Å². The van der Waals surface area contributed by atoms with Gasteiger partial charge in [-0.25, -0.2) is 4.98 Å². The van der Waals surface area contributed by atoms with Crippen molar-refractivity contribution in [2.24, 2.45) is 0 Å². The molecule has 0 spiro atoms. The smallest absolute Gasteiger partial charge is 0.256 e. The van der Waals surface area contributed by atoms with Gasteiger partial charge in [-0.2, -0.15) is 0 Å². The van der Waals surface area contributed by atoms with Crippen LogP contribution in [0.4, 0.5) is 11.6 Å². The molecule has 0 amide bonds. The van der Waals surface area contributed by atoms with Crippen LogP contribution in [0.5, 0.6) is 0 Å². The number of benzene rings is 2. The fraction of sp³-hybridized carbons (Fsp3) is 0.158. The fourth-order valence-corrected chi connectivity index (χ4v) is 2.78. The van der Waals surface area contributed by atoms with Gasteiger partial charge in [0.15, 0.2) is 0 Å². The van der Waals surface area contributed by atoms with Gasteiger partial charge in [-0.05, 0) is 43.2 Å². The molecule has 1 aromatic heterocycles. The standard InChI is InChI=1S/C19H18BrN3O/c1-12-10-15(8-9-17(12)20)22-19-21-13(2)16(18(24)23-19)11-14-6-4-3-5-7-14/h3-10H,11H2,1-2H3,(H2,21,22,23,24). The molecule has 0 aliphatic rings. The number of halogens is 1. The summed E-state index contributed by atoms with van der Waals surface area (Å²) in [7, 11) is 0. The Hall–Kier alpha value is -2.40. The molecule has 0 atom stereocenters. The molecule has 0 fully saturated rings. The van der Waals surface area contributed by atoms with Crippen molar-refractivity contribution in [3.8, 4) is 0 Å².